The van der Waals surface area contributed by atoms with Crippen LogP contribution < -0.4 is 0 Å². The van der Waals surface area contributed by atoms with Crippen molar-refractivity contribution in [1.82, 2.24) is 0 Å². The van der Waals surface area contributed by atoms with Crippen LogP contribution in [0.25, 0.3) is 22.3 Å². The molecule has 0 amide bonds. The molecule has 104 valence electrons. The highest BCUT2D eigenvalue weighted by atomic mass is 14.1. The summed E-state index contributed by atoms with van der Waals surface area (Å²) in [6.45, 7) is 6.44. The van der Waals surface area contributed by atoms with E-state index >= 15 is 0 Å². The molecule has 21 heavy (non-hydrogen) atoms. The predicted octanol–water partition coefficient (Wildman–Crippen LogP) is 5.95. The van der Waals surface area contributed by atoms with Gasteiger partial charge in [-0.1, -0.05) is 72.3 Å². The number of hydrogen-bond acceptors (Lipinski definition) is 0. The van der Waals surface area contributed by atoms with Crippen LogP contribution in [0, 0.1) is 20.8 Å². The van der Waals surface area contributed by atoms with Gasteiger partial charge in [0.2, 0.25) is 0 Å². The fourth-order valence-electron chi connectivity index (χ4n) is 2.52. The summed E-state index contributed by atoms with van der Waals surface area (Å²) < 4.78 is 0. The molecule has 0 heterocycles. The molecular weight excluding hydrogens is 252 g/mol. The second kappa shape index (κ2) is 5.57. The summed E-state index contributed by atoms with van der Waals surface area (Å²) in [7, 11) is 0. The molecule has 0 spiro atoms. The Balaban J connectivity index is 1.93. The molecule has 3 aromatic rings. The lowest BCUT2D eigenvalue weighted by molar-refractivity contribution is 1.34. The van der Waals surface area contributed by atoms with E-state index in [9.17, 15) is 0 Å². The molecule has 0 aliphatic rings. The zero-order chi connectivity index (χ0) is 14.8. The Hall–Kier alpha value is -2.34. The van der Waals surface area contributed by atoms with Crippen molar-refractivity contribution in [2.24, 2.45) is 0 Å². The third kappa shape index (κ3) is 2.90. The van der Waals surface area contributed by atoms with Gasteiger partial charge in [0.1, 0.15) is 0 Å². The van der Waals surface area contributed by atoms with Crippen molar-refractivity contribution in [3.05, 3.63) is 83.4 Å². The van der Waals surface area contributed by atoms with Gasteiger partial charge in [-0.3, -0.25) is 0 Å². The Morgan fingerprint density at radius 1 is 0.429 bits per heavy atom. The van der Waals surface area contributed by atoms with Crippen molar-refractivity contribution in [3.8, 4) is 22.3 Å². The summed E-state index contributed by atoms with van der Waals surface area (Å²) in [4.78, 5) is 0. The smallest absolute Gasteiger partial charge is 0.0181 e. The maximum Gasteiger partial charge on any atom is -0.0181 e. The van der Waals surface area contributed by atoms with E-state index in [1.165, 1.54) is 38.9 Å². The summed E-state index contributed by atoms with van der Waals surface area (Å²) in [6.07, 6.45) is 0. The van der Waals surface area contributed by atoms with E-state index in [2.05, 4.69) is 87.5 Å². The summed E-state index contributed by atoms with van der Waals surface area (Å²) in [6, 6.07) is 24.2. The second-order valence-electron chi connectivity index (χ2n) is 5.74. The minimum atomic E-state index is 1.27. The average Bonchev–Trinajstić information content (AvgIpc) is 2.51. The molecule has 0 fully saturated rings. The van der Waals surface area contributed by atoms with E-state index in [1.54, 1.807) is 0 Å². The standard InChI is InChI=1S/C21H20/c1-15-4-7-18(8-5-15)19-10-12-20(13-11-19)21-9-6-16(2)17(3)14-21/h4-14H,1-3H3. The molecule has 0 unspecified atom stereocenters. The first-order valence-electron chi connectivity index (χ1n) is 7.38. The van der Waals surface area contributed by atoms with E-state index in [-0.39, 0.29) is 0 Å². The fourth-order valence-corrected chi connectivity index (χ4v) is 2.52. The van der Waals surface area contributed by atoms with Crippen molar-refractivity contribution in [1.29, 1.82) is 0 Å². The molecule has 0 nitrogen and oxygen atoms in total. The van der Waals surface area contributed by atoms with E-state index in [4.69, 9.17) is 0 Å². The normalized spacial score (nSPS) is 10.6. The van der Waals surface area contributed by atoms with Gasteiger partial charge in [0.05, 0.1) is 0 Å². The number of benzene rings is 3. The van der Waals surface area contributed by atoms with Crippen molar-refractivity contribution in [3.63, 3.8) is 0 Å². The number of hydrogen-bond donors (Lipinski definition) is 0. The molecule has 0 aliphatic carbocycles. The molecule has 0 heteroatoms. The van der Waals surface area contributed by atoms with Crippen LogP contribution in [0.5, 0.6) is 0 Å². The van der Waals surface area contributed by atoms with E-state index in [1.807, 2.05) is 0 Å². The van der Waals surface area contributed by atoms with Crippen LogP contribution in [0.3, 0.4) is 0 Å². The predicted molar refractivity (Wildman–Crippen MR) is 91.5 cm³/mol. The lowest BCUT2D eigenvalue weighted by Crippen LogP contribution is -1.84. The van der Waals surface area contributed by atoms with Crippen molar-refractivity contribution in [2.75, 3.05) is 0 Å². The molecule has 0 atom stereocenters. The lowest BCUT2D eigenvalue weighted by atomic mass is 9.97. The Morgan fingerprint density at radius 3 is 1.38 bits per heavy atom. The molecule has 0 aliphatic heterocycles. The summed E-state index contributed by atoms with van der Waals surface area (Å²) >= 11 is 0. The van der Waals surface area contributed by atoms with Crippen LogP contribution in [-0.2, 0) is 0 Å². The van der Waals surface area contributed by atoms with Crippen LogP contribution in [-0.4, -0.2) is 0 Å². The summed E-state index contributed by atoms with van der Waals surface area (Å²) in [5.41, 5.74) is 9.08. The Labute approximate surface area is 127 Å². The van der Waals surface area contributed by atoms with E-state index in [0.717, 1.165) is 0 Å². The SMILES string of the molecule is Cc1ccc(-c2ccc(-c3ccc(C)c(C)c3)cc2)cc1. The largest absolute Gasteiger partial charge is 0.0587 e. The zero-order valence-electron chi connectivity index (χ0n) is 12.9. The quantitative estimate of drug-likeness (QED) is 0.541. The fraction of sp³-hybridized carbons (Fsp3) is 0.143. The summed E-state index contributed by atoms with van der Waals surface area (Å²) in [5, 5.41) is 0. The lowest BCUT2D eigenvalue weighted by Gasteiger charge is -2.07. The number of rotatable bonds is 2. The van der Waals surface area contributed by atoms with Gasteiger partial charge in [0.25, 0.3) is 0 Å². The van der Waals surface area contributed by atoms with Gasteiger partial charge in [-0.15, -0.1) is 0 Å². The Bertz CT molecular complexity index is 747. The van der Waals surface area contributed by atoms with Crippen molar-refractivity contribution < 1.29 is 0 Å². The van der Waals surface area contributed by atoms with Crippen LogP contribution in [0.15, 0.2) is 66.7 Å². The first kappa shape index (κ1) is 13.6. The minimum absolute atomic E-state index is 1.27. The maximum atomic E-state index is 2.26. The van der Waals surface area contributed by atoms with E-state index in [0.29, 0.717) is 0 Å². The second-order valence-corrected chi connectivity index (χ2v) is 5.74. The first-order valence-corrected chi connectivity index (χ1v) is 7.38. The molecule has 3 aromatic carbocycles. The molecule has 0 saturated heterocycles. The molecule has 0 N–H and O–H groups in total. The Kier molecular flexibility index (Phi) is 3.62. The molecule has 0 radical (unpaired) electrons. The Morgan fingerprint density at radius 2 is 0.857 bits per heavy atom. The third-order valence-corrected chi connectivity index (χ3v) is 4.11. The monoisotopic (exact) mass is 272 g/mol. The van der Waals surface area contributed by atoms with Gasteiger partial charge in [-0.05, 0) is 54.2 Å². The molecular formula is C21H20. The zero-order valence-corrected chi connectivity index (χ0v) is 12.9. The van der Waals surface area contributed by atoms with Gasteiger partial charge < -0.3 is 0 Å². The highest BCUT2D eigenvalue weighted by molar-refractivity contribution is 5.71. The van der Waals surface area contributed by atoms with Gasteiger partial charge in [-0.2, -0.15) is 0 Å². The molecule has 0 bridgehead atoms. The van der Waals surface area contributed by atoms with E-state index < -0.39 is 0 Å². The molecule has 0 saturated carbocycles. The van der Waals surface area contributed by atoms with Crippen LogP contribution >= 0.6 is 0 Å². The first-order chi connectivity index (χ1) is 10.1. The van der Waals surface area contributed by atoms with Gasteiger partial charge in [0.15, 0.2) is 0 Å². The highest BCUT2D eigenvalue weighted by Gasteiger charge is 2.02. The van der Waals surface area contributed by atoms with Crippen molar-refractivity contribution in [2.45, 2.75) is 20.8 Å². The van der Waals surface area contributed by atoms with Gasteiger partial charge in [-0.25, -0.2) is 0 Å². The summed E-state index contributed by atoms with van der Waals surface area (Å²) in [5.74, 6) is 0. The van der Waals surface area contributed by atoms with Crippen molar-refractivity contribution >= 4 is 0 Å². The van der Waals surface area contributed by atoms with Gasteiger partial charge in [0, 0.05) is 0 Å². The number of aryl methyl sites for hydroxylation is 3. The average molecular weight is 272 g/mol. The third-order valence-electron chi connectivity index (χ3n) is 4.11. The molecule has 0 aromatic heterocycles. The topological polar surface area (TPSA) is 0 Å². The highest BCUT2D eigenvalue weighted by Crippen LogP contribution is 2.26. The van der Waals surface area contributed by atoms with Gasteiger partial charge >= 0.3 is 0 Å². The minimum Gasteiger partial charge on any atom is -0.0587 e. The molecule has 3 rings (SSSR count). The van der Waals surface area contributed by atoms with Crippen LogP contribution in [0.2, 0.25) is 0 Å². The van der Waals surface area contributed by atoms with Crippen LogP contribution in [0.1, 0.15) is 16.7 Å². The maximum absolute atomic E-state index is 2.26. The van der Waals surface area contributed by atoms with Crippen LogP contribution in [0.4, 0.5) is 0 Å².